The lowest BCUT2D eigenvalue weighted by atomic mass is 9.95. The minimum Gasteiger partial charge on any atom is -0.396 e. The summed E-state index contributed by atoms with van der Waals surface area (Å²) in [7, 11) is 0. The number of aliphatic hydroxyl groups excluding tert-OH is 2. The van der Waals surface area contributed by atoms with Crippen molar-refractivity contribution in [3.8, 4) is 0 Å². The number of rotatable bonds is 5. The van der Waals surface area contributed by atoms with Gasteiger partial charge in [0.25, 0.3) is 15.3 Å². The Labute approximate surface area is 104 Å². The Bertz CT molecular complexity index is 258. The fourth-order valence-corrected chi connectivity index (χ4v) is 0.350. The molecule has 0 fully saturated rings. The van der Waals surface area contributed by atoms with Gasteiger partial charge in [0.15, 0.2) is 0 Å². The van der Waals surface area contributed by atoms with E-state index in [-0.39, 0.29) is 19.8 Å². The molecule has 0 amide bonds. The number of hydrogen-bond acceptors (Lipinski definition) is 9. The predicted molar refractivity (Wildman–Crippen MR) is 52.8 cm³/mol. The monoisotopic (exact) mass is 291 g/mol. The minimum atomic E-state index is -1.50. The van der Waals surface area contributed by atoms with Crippen molar-refractivity contribution < 1.29 is 40.7 Å². The molecule has 0 atom stereocenters. The van der Waals surface area contributed by atoms with E-state index in [1.54, 1.807) is 0 Å². The molecule has 0 aromatic rings. The third-order valence-corrected chi connectivity index (χ3v) is 1.28. The van der Waals surface area contributed by atoms with Gasteiger partial charge in [-0.15, -0.1) is 30.3 Å². The molecule has 14 heteroatoms. The Kier molecular flexibility index (Phi) is 13.7. The first-order valence-corrected chi connectivity index (χ1v) is 4.16. The van der Waals surface area contributed by atoms with E-state index in [1.807, 2.05) is 0 Å². The fraction of sp³-hybridized carbons (Fsp3) is 1.00. The second kappa shape index (κ2) is 12.0. The Morgan fingerprint density at radius 3 is 1.42 bits per heavy atom. The average Bonchev–Trinajstić information content (AvgIpc) is 2.24. The molecule has 0 aliphatic rings. The van der Waals surface area contributed by atoms with Crippen LogP contribution >= 0.6 is 0 Å². The van der Waals surface area contributed by atoms with E-state index in [0.717, 1.165) is 0 Å². The summed E-state index contributed by atoms with van der Waals surface area (Å²) in [5.74, 6) is 0. The summed E-state index contributed by atoms with van der Waals surface area (Å²) in [4.78, 5) is 30.4. The van der Waals surface area contributed by atoms with Gasteiger partial charge in [0, 0.05) is 5.41 Å². The highest BCUT2D eigenvalue weighted by Gasteiger charge is 2.23. The zero-order chi connectivity index (χ0) is 16.1. The lowest BCUT2D eigenvalue weighted by molar-refractivity contribution is -0.761. The summed E-state index contributed by atoms with van der Waals surface area (Å²) in [5, 5.41) is 53.3. The van der Waals surface area contributed by atoms with E-state index < -0.39 is 20.7 Å². The van der Waals surface area contributed by atoms with Gasteiger partial charge in [-0.05, 0) is 0 Å². The highest BCUT2D eigenvalue weighted by Crippen LogP contribution is 2.13. The molecule has 0 radical (unpaired) electrons. The van der Waals surface area contributed by atoms with Crippen LogP contribution in [0.3, 0.4) is 0 Å². The van der Waals surface area contributed by atoms with E-state index in [0.29, 0.717) is 0 Å². The summed E-state index contributed by atoms with van der Waals surface area (Å²) in [6, 6.07) is 0. The molecule has 0 aliphatic carbocycles. The van der Waals surface area contributed by atoms with Gasteiger partial charge in [0.05, 0.1) is 13.2 Å². The van der Waals surface area contributed by atoms with E-state index >= 15 is 0 Å². The van der Waals surface area contributed by atoms with Crippen molar-refractivity contribution in [2.24, 2.45) is 5.41 Å². The molecular formula is C5H13N3O11. The molecule has 0 spiro atoms. The number of nitrogens with zero attached hydrogens (tertiary/aromatic N) is 3. The molecule has 0 aromatic heterocycles. The zero-order valence-corrected chi connectivity index (χ0v) is 9.61. The lowest BCUT2D eigenvalue weighted by Gasteiger charge is -2.22. The first kappa shape index (κ1) is 21.8. The first-order valence-electron chi connectivity index (χ1n) is 4.16. The molecule has 0 unspecified atom stereocenters. The molecule has 0 rings (SSSR count). The smallest absolute Gasteiger partial charge is 0.294 e. The van der Waals surface area contributed by atoms with Crippen molar-refractivity contribution in [2.45, 2.75) is 6.92 Å². The van der Waals surface area contributed by atoms with Crippen molar-refractivity contribution in [3.63, 3.8) is 0 Å². The van der Waals surface area contributed by atoms with Gasteiger partial charge in [-0.2, -0.15) is 0 Å². The third-order valence-electron chi connectivity index (χ3n) is 1.28. The highest BCUT2D eigenvalue weighted by molar-refractivity contribution is 4.69. The predicted octanol–water partition coefficient (Wildman–Crippen LogP) is -1.51. The van der Waals surface area contributed by atoms with Crippen molar-refractivity contribution >= 4 is 0 Å². The van der Waals surface area contributed by atoms with Crippen LogP contribution in [0.2, 0.25) is 0 Å². The average molecular weight is 291 g/mol. The summed E-state index contributed by atoms with van der Waals surface area (Å²) in [6.45, 7) is 0.484. The van der Waals surface area contributed by atoms with Crippen LogP contribution in [0.15, 0.2) is 0 Å². The normalized spacial score (nSPS) is 9.00. The van der Waals surface area contributed by atoms with E-state index in [2.05, 4.69) is 4.84 Å². The topological polar surface area (TPSA) is 220 Å². The molecule has 0 saturated heterocycles. The summed E-state index contributed by atoms with van der Waals surface area (Å²) >= 11 is 0. The Morgan fingerprint density at radius 2 is 1.26 bits per heavy atom. The quantitative estimate of drug-likeness (QED) is 0.336. The molecule has 0 saturated carbocycles. The molecule has 0 aliphatic heterocycles. The van der Waals surface area contributed by atoms with Gasteiger partial charge in [0.1, 0.15) is 6.61 Å². The lowest BCUT2D eigenvalue weighted by Crippen LogP contribution is -2.32. The Hall–Kier alpha value is -2.48. The minimum absolute atomic E-state index is 0.299. The van der Waals surface area contributed by atoms with Gasteiger partial charge in [-0.1, -0.05) is 6.92 Å². The Morgan fingerprint density at radius 1 is 1.00 bits per heavy atom. The SMILES string of the molecule is CC(CO)(CO)CO[N+](=O)[O-].O=[N+]([O-])O.O=[N+]([O-])O. The molecule has 0 aromatic carbocycles. The molecule has 114 valence electrons. The van der Waals surface area contributed by atoms with Crippen molar-refractivity contribution in [1.82, 2.24) is 0 Å². The van der Waals surface area contributed by atoms with Gasteiger partial charge >= 0.3 is 0 Å². The molecule has 0 bridgehead atoms. The summed E-state index contributed by atoms with van der Waals surface area (Å²) in [6.07, 6.45) is 0. The van der Waals surface area contributed by atoms with Gasteiger partial charge < -0.3 is 25.5 Å². The van der Waals surface area contributed by atoms with Crippen molar-refractivity contribution in [3.05, 3.63) is 30.3 Å². The number of hydrogen-bond donors (Lipinski definition) is 4. The fourth-order valence-electron chi connectivity index (χ4n) is 0.350. The van der Waals surface area contributed by atoms with Crippen LogP contribution in [0.1, 0.15) is 6.92 Å². The van der Waals surface area contributed by atoms with Crippen LogP contribution in [0, 0.1) is 35.8 Å². The van der Waals surface area contributed by atoms with Gasteiger partial charge in [0.2, 0.25) is 0 Å². The van der Waals surface area contributed by atoms with Crippen LogP contribution in [0.25, 0.3) is 0 Å². The maximum Gasteiger partial charge on any atom is 0.294 e. The number of aliphatic hydroxyl groups is 2. The van der Waals surface area contributed by atoms with E-state index in [1.165, 1.54) is 6.92 Å². The van der Waals surface area contributed by atoms with E-state index in [9.17, 15) is 10.1 Å². The van der Waals surface area contributed by atoms with Crippen LogP contribution < -0.4 is 0 Å². The van der Waals surface area contributed by atoms with Crippen LogP contribution in [-0.2, 0) is 4.84 Å². The molecule has 14 nitrogen and oxygen atoms in total. The molecule has 19 heavy (non-hydrogen) atoms. The molecule has 4 N–H and O–H groups in total. The van der Waals surface area contributed by atoms with Gasteiger partial charge in [-0.3, -0.25) is 0 Å². The van der Waals surface area contributed by atoms with Crippen molar-refractivity contribution in [2.75, 3.05) is 19.8 Å². The van der Waals surface area contributed by atoms with Crippen LogP contribution in [0.4, 0.5) is 0 Å². The van der Waals surface area contributed by atoms with Crippen LogP contribution in [0.5, 0.6) is 0 Å². The molecular weight excluding hydrogens is 278 g/mol. The van der Waals surface area contributed by atoms with Gasteiger partial charge in [-0.25, -0.2) is 0 Å². The molecule has 0 heterocycles. The Balaban J connectivity index is -0.000000264. The maximum atomic E-state index is 9.70. The summed E-state index contributed by atoms with van der Waals surface area (Å²) in [5.41, 5.74) is -0.937. The van der Waals surface area contributed by atoms with Crippen LogP contribution in [-0.4, -0.2) is 55.7 Å². The standard InChI is InChI=1S/C5H11NO5.2HNO3/c1-5(2-7,3-8)4-11-6(9)10;2*2-1(3)4/h7-8H,2-4H2,1H3;2*(H,2,3,4). The second-order valence-corrected chi connectivity index (χ2v) is 3.10. The maximum absolute atomic E-state index is 9.70. The largest absolute Gasteiger partial charge is 0.396 e. The third kappa shape index (κ3) is 31.3. The van der Waals surface area contributed by atoms with Crippen molar-refractivity contribution in [1.29, 1.82) is 0 Å². The first-order chi connectivity index (χ1) is 8.50. The zero-order valence-electron chi connectivity index (χ0n) is 9.61. The second-order valence-electron chi connectivity index (χ2n) is 3.10. The highest BCUT2D eigenvalue weighted by atomic mass is 17.0. The van der Waals surface area contributed by atoms with E-state index in [4.69, 9.17) is 40.9 Å². The summed E-state index contributed by atoms with van der Waals surface area (Å²) < 4.78 is 0.